The molecule has 0 radical (unpaired) electrons. The van der Waals surface area contributed by atoms with Gasteiger partial charge in [0.1, 0.15) is 11.5 Å². The number of carbonyl (C=O) groups is 3. The molecule has 14 heteroatoms. The summed E-state index contributed by atoms with van der Waals surface area (Å²) in [5, 5.41) is 8.06. The van der Waals surface area contributed by atoms with E-state index in [0.29, 0.717) is 48.9 Å². The molecule has 2 aliphatic carbocycles. The highest BCUT2D eigenvalue weighted by atomic mass is 16.5. The van der Waals surface area contributed by atoms with E-state index in [1.54, 1.807) is 31.4 Å². The second-order valence-corrected chi connectivity index (χ2v) is 19.7. The van der Waals surface area contributed by atoms with E-state index in [2.05, 4.69) is 45.4 Å². The summed E-state index contributed by atoms with van der Waals surface area (Å²) in [6.45, 7) is 12.6. The maximum Gasteiger partial charge on any atom is 0.302 e. The number of ether oxygens (including phenoxy) is 2. The summed E-state index contributed by atoms with van der Waals surface area (Å²) in [4.78, 5) is 66.4. The number of ketones is 1. The van der Waals surface area contributed by atoms with Crippen molar-refractivity contribution in [3.05, 3.63) is 110 Å². The maximum absolute atomic E-state index is 14.9. The molecular weight excluding hydrogens is 809 g/mol. The lowest BCUT2D eigenvalue weighted by atomic mass is 9.74. The molecule has 5 aromatic heterocycles. The number of nitrogens with one attached hydrogen (secondary N) is 1. The average Bonchev–Trinajstić information content (AvgIpc) is 4.02. The van der Waals surface area contributed by atoms with E-state index in [9.17, 15) is 19.2 Å². The number of hydrogen-bond donors (Lipinski definition) is 1. The Hall–Kier alpha value is -5.89. The quantitative estimate of drug-likeness (QED) is 0.158. The number of amides is 1. The van der Waals surface area contributed by atoms with Gasteiger partial charge >= 0.3 is 5.97 Å². The third-order valence-electron chi connectivity index (χ3n) is 14.5. The molecule has 5 unspecified atom stereocenters. The van der Waals surface area contributed by atoms with Crippen LogP contribution in [0.3, 0.4) is 0 Å². The van der Waals surface area contributed by atoms with Gasteiger partial charge in [-0.05, 0) is 130 Å². The summed E-state index contributed by atoms with van der Waals surface area (Å²) >= 11 is 0. The molecule has 1 saturated heterocycles. The minimum Gasteiger partial charge on any atom is -0.465 e. The van der Waals surface area contributed by atoms with Crippen LogP contribution in [0.25, 0.3) is 11.3 Å². The van der Waals surface area contributed by atoms with Gasteiger partial charge < -0.3 is 28.8 Å². The second kappa shape index (κ2) is 16.3. The largest absolute Gasteiger partial charge is 0.465 e. The summed E-state index contributed by atoms with van der Waals surface area (Å²) in [6.07, 6.45) is 10.8. The van der Waals surface area contributed by atoms with Crippen LogP contribution in [0, 0.1) is 11.3 Å². The molecule has 5 aromatic rings. The van der Waals surface area contributed by atoms with Crippen LogP contribution >= 0.6 is 0 Å². The Morgan fingerprint density at radius 2 is 1.75 bits per heavy atom. The molecule has 334 valence electrons. The van der Waals surface area contributed by atoms with Gasteiger partial charge in [-0.25, -0.2) is 9.67 Å². The lowest BCUT2D eigenvalue weighted by Crippen LogP contribution is -2.52. The topological polar surface area (TPSA) is 155 Å². The predicted octanol–water partition coefficient (Wildman–Crippen LogP) is 6.73. The smallest absolute Gasteiger partial charge is 0.302 e. The number of fused-ring (bicyclic) bond motifs is 6. The number of morpholine rings is 1. The zero-order valence-corrected chi connectivity index (χ0v) is 37.8. The third kappa shape index (κ3) is 7.46. The number of Topliss-reactive ketones (excluding diaryl/α,β-unsaturated/α-hetero) is 1. The standard InChI is InChI=1S/C50H58N8O6/c1-28-25-63-26-29(2)58(28)48(61)33-10-11-44(52-24-33)53-40-21-39(54-55(6)49(40)62)36-12-15-51-46(37-14-17-57-42(47(37)60)20-34-22-50(4,5)23-43(34)57)45(36)38(27-64-30(3)59)31-13-16-56-35(18-31)19-32-8-7-9-41(32)56/h10-12,15,19-21,24,28-29,31,37-38H,7-9,13-14,16-18,22-23,25-27H2,1-6H3,(H,52,53). The average molecular weight is 867 g/mol. The summed E-state index contributed by atoms with van der Waals surface area (Å²) in [6, 6.07) is 11.4. The Morgan fingerprint density at radius 1 is 0.953 bits per heavy atom. The third-order valence-corrected chi connectivity index (χ3v) is 14.5. The van der Waals surface area contributed by atoms with Gasteiger partial charge in [-0.1, -0.05) is 13.8 Å². The molecule has 64 heavy (non-hydrogen) atoms. The van der Waals surface area contributed by atoms with Crippen molar-refractivity contribution in [1.29, 1.82) is 0 Å². The Balaban J connectivity index is 1.05. The number of pyridine rings is 2. The minimum atomic E-state index is -0.527. The molecule has 1 N–H and O–H groups in total. The highest BCUT2D eigenvalue weighted by Gasteiger charge is 2.42. The minimum absolute atomic E-state index is 0.0471. The fourth-order valence-electron chi connectivity index (χ4n) is 11.6. The molecule has 0 spiro atoms. The molecule has 0 saturated carbocycles. The first-order valence-corrected chi connectivity index (χ1v) is 23.0. The molecule has 5 atom stereocenters. The van der Waals surface area contributed by atoms with Gasteiger partial charge in [0.05, 0.1) is 60.5 Å². The number of rotatable bonds is 9. The monoisotopic (exact) mass is 866 g/mol. The van der Waals surface area contributed by atoms with Crippen molar-refractivity contribution in [3.63, 3.8) is 0 Å². The fourth-order valence-corrected chi connectivity index (χ4v) is 11.6. The highest BCUT2D eigenvalue weighted by molar-refractivity contribution is 6.01. The molecule has 8 heterocycles. The molecule has 3 aliphatic heterocycles. The lowest BCUT2D eigenvalue weighted by molar-refractivity contribution is -0.141. The Labute approximate surface area is 373 Å². The van der Waals surface area contributed by atoms with E-state index in [1.807, 2.05) is 24.8 Å². The summed E-state index contributed by atoms with van der Waals surface area (Å²) in [7, 11) is 1.61. The molecule has 0 bridgehead atoms. The molecule has 0 aromatic carbocycles. The van der Waals surface area contributed by atoms with E-state index < -0.39 is 5.92 Å². The lowest BCUT2D eigenvalue weighted by Gasteiger charge is -2.38. The van der Waals surface area contributed by atoms with Crippen LogP contribution in [-0.4, -0.2) is 83.3 Å². The zero-order valence-electron chi connectivity index (χ0n) is 37.8. The van der Waals surface area contributed by atoms with Crippen LogP contribution < -0.4 is 10.9 Å². The predicted molar refractivity (Wildman–Crippen MR) is 241 cm³/mol. The summed E-state index contributed by atoms with van der Waals surface area (Å²) in [5.41, 5.74) is 10.7. The summed E-state index contributed by atoms with van der Waals surface area (Å²) in [5.74, 6) is -0.850. The van der Waals surface area contributed by atoms with Gasteiger partial charge in [0.15, 0.2) is 5.78 Å². The van der Waals surface area contributed by atoms with E-state index in [0.717, 1.165) is 61.9 Å². The van der Waals surface area contributed by atoms with Crippen molar-refractivity contribution < 1.29 is 23.9 Å². The van der Waals surface area contributed by atoms with Crippen molar-refractivity contribution >= 4 is 29.2 Å². The number of hydrogen-bond acceptors (Lipinski definition) is 10. The van der Waals surface area contributed by atoms with Gasteiger partial charge in [0.2, 0.25) is 0 Å². The number of esters is 1. The molecule has 10 rings (SSSR count). The Kier molecular flexibility index (Phi) is 10.7. The Bertz CT molecular complexity index is 2740. The van der Waals surface area contributed by atoms with Crippen molar-refractivity contribution in [2.45, 2.75) is 123 Å². The number of aryl methyl sites for hydroxylation is 2. The number of nitrogens with zero attached hydrogens (tertiary/aromatic N) is 7. The van der Waals surface area contributed by atoms with Gasteiger partial charge in [-0.2, -0.15) is 5.10 Å². The first-order chi connectivity index (χ1) is 30.7. The first-order valence-electron chi connectivity index (χ1n) is 23.0. The van der Waals surface area contributed by atoms with Crippen molar-refractivity contribution in [1.82, 2.24) is 33.8 Å². The normalized spacial score (nSPS) is 22.7. The fraction of sp³-hybridized carbons (Fsp3) is 0.500. The van der Waals surface area contributed by atoms with Crippen LogP contribution in [0.4, 0.5) is 11.5 Å². The van der Waals surface area contributed by atoms with Crippen LogP contribution in [0.15, 0.2) is 53.6 Å². The first kappa shape index (κ1) is 42.1. The van der Waals surface area contributed by atoms with Crippen molar-refractivity contribution in [2.24, 2.45) is 18.4 Å². The SMILES string of the molecule is CC(=O)OCC(c1c(-c2cc(Nc3ccc(C(=O)N4C(C)COCC4C)cn3)c(=O)n(C)n2)ccnc1C1CCn2c(cc3c2CC(C)(C)C3)C1=O)C1CCn2c(cc3c2CCC3)C1. The van der Waals surface area contributed by atoms with Gasteiger partial charge in [-0.15, -0.1) is 0 Å². The summed E-state index contributed by atoms with van der Waals surface area (Å²) < 4.78 is 17.6. The number of aromatic nitrogens is 6. The van der Waals surface area contributed by atoms with Crippen LogP contribution in [0.1, 0.15) is 126 Å². The van der Waals surface area contributed by atoms with Gasteiger partial charge in [0, 0.05) is 68.0 Å². The number of carbonyl (C=O) groups excluding carboxylic acids is 3. The molecule has 1 amide bonds. The van der Waals surface area contributed by atoms with E-state index in [4.69, 9.17) is 19.6 Å². The maximum atomic E-state index is 14.9. The van der Waals surface area contributed by atoms with Crippen LogP contribution in [-0.2, 0) is 66.5 Å². The van der Waals surface area contributed by atoms with E-state index in [1.165, 1.54) is 52.4 Å². The Morgan fingerprint density at radius 3 is 2.52 bits per heavy atom. The van der Waals surface area contributed by atoms with Crippen molar-refractivity contribution in [3.8, 4) is 11.3 Å². The van der Waals surface area contributed by atoms with Crippen LogP contribution in [0.5, 0.6) is 0 Å². The van der Waals surface area contributed by atoms with Gasteiger partial charge in [-0.3, -0.25) is 24.2 Å². The second-order valence-electron chi connectivity index (χ2n) is 19.7. The molecule has 14 nitrogen and oxygen atoms in total. The molecule has 1 fully saturated rings. The van der Waals surface area contributed by atoms with Crippen molar-refractivity contribution in [2.75, 3.05) is 25.1 Å². The van der Waals surface area contributed by atoms with E-state index >= 15 is 0 Å². The molecule has 5 aliphatic rings. The van der Waals surface area contributed by atoms with Gasteiger partial charge in [0.25, 0.3) is 11.5 Å². The highest BCUT2D eigenvalue weighted by Crippen LogP contribution is 2.46. The number of anilines is 2. The van der Waals surface area contributed by atoms with Crippen LogP contribution in [0.2, 0.25) is 0 Å². The van der Waals surface area contributed by atoms with E-state index in [-0.39, 0.29) is 64.8 Å². The molecular formula is C50H58N8O6. The zero-order chi connectivity index (χ0) is 44.6.